The number of nitrogens with one attached hydrogen (secondary N) is 1. The second-order valence-electron chi connectivity index (χ2n) is 4.45. The van der Waals surface area contributed by atoms with Gasteiger partial charge in [0.1, 0.15) is 5.75 Å². The van der Waals surface area contributed by atoms with Crippen LogP contribution < -0.4 is 10.1 Å². The molecule has 7 heteroatoms. The summed E-state index contributed by atoms with van der Waals surface area (Å²) in [4.78, 5) is 12.1. The lowest BCUT2D eigenvalue weighted by Crippen LogP contribution is -2.30. The first-order valence-electron chi connectivity index (χ1n) is 6.24. The predicted octanol–water partition coefficient (Wildman–Crippen LogP) is 5.71. The first-order valence-corrected chi connectivity index (χ1v) is 7.75. The third kappa shape index (κ3) is 4.43. The number of benzene rings is 2. The van der Waals surface area contributed by atoms with Crippen LogP contribution in [0.4, 0.5) is 5.69 Å². The molecule has 0 saturated heterocycles. The minimum Gasteiger partial charge on any atom is -0.481 e. The van der Waals surface area contributed by atoms with Crippen molar-refractivity contribution in [1.29, 1.82) is 0 Å². The molecule has 0 fully saturated rings. The van der Waals surface area contributed by atoms with E-state index in [4.69, 9.17) is 51.1 Å². The first kappa shape index (κ1) is 17.2. The van der Waals surface area contributed by atoms with Crippen LogP contribution >= 0.6 is 46.4 Å². The third-order valence-electron chi connectivity index (χ3n) is 2.76. The van der Waals surface area contributed by atoms with Crippen LogP contribution in [0.5, 0.6) is 5.75 Å². The van der Waals surface area contributed by atoms with Gasteiger partial charge in [0.25, 0.3) is 5.91 Å². The lowest BCUT2D eigenvalue weighted by molar-refractivity contribution is -0.122. The molecule has 0 bridgehead atoms. The van der Waals surface area contributed by atoms with Crippen LogP contribution in [0.25, 0.3) is 0 Å². The van der Waals surface area contributed by atoms with Gasteiger partial charge in [-0.05, 0) is 43.3 Å². The van der Waals surface area contributed by atoms with E-state index in [1.165, 1.54) is 12.1 Å². The van der Waals surface area contributed by atoms with E-state index in [0.717, 1.165) is 0 Å². The van der Waals surface area contributed by atoms with Crippen LogP contribution in [0.15, 0.2) is 36.4 Å². The van der Waals surface area contributed by atoms with E-state index in [-0.39, 0.29) is 5.91 Å². The molecule has 0 heterocycles. The molecule has 1 atom stereocenters. The molecule has 0 saturated carbocycles. The molecule has 1 unspecified atom stereocenters. The maximum Gasteiger partial charge on any atom is 0.265 e. The number of ether oxygens (including phenoxy) is 1. The molecule has 2 aromatic rings. The Morgan fingerprint density at radius 2 is 1.59 bits per heavy atom. The van der Waals surface area contributed by atoms with Crippen molar-refractivity contribution in [3.63, 3.8) is 0 Å². The fourth-order valence-corrected chi connectivity index (χ4v) is 2.34. The fourth-order valence-electron chi connectivity index (χ4n) is 1.62. The van der Waals surface area contributed by atoms with Gasteiger partial charge in [0.15, 0.2) is 6.10 Å². The van der Waals surface area contributed by atoms with Crippen molar-refractivity contribution in [3.05, 3.63) is 56.5 Å². The molecule has 2 aromatic carbocycles. The van der Waals surface area contributed by atoms with Crippen LogP contribution in [0.1, 0.15) is 6.92 Å². The minimum atomic E-state index is -0.730. The van der Waals surface area contributed by atoms with Crippen LogP contribution in [0.2, 0.25) is 20.1 Å². The standard InChI is InChI=1S/C15H11Cl4NO2/c1-8(22-10-4-2-9(16)3-5-10)15(21)20-14-7-12(18)11(17)6-13(14)19/h2-8H,1H3,(H,20,21). The molecule has 22 heavy (non-hydrogen) atoms. The van der Waals surface area contributed by atoms with Gasteiger partial charge >= 0.3 is 0 Å². The maximum atomic E-state index is 12.1. The van der Waals surface area contributed by atoms with Gasteiger partial charge in [0.2, 0.25) is 0 Å². The van der Waals surface area contributed by atoms with Gasteiger partial charge in [-0.25, -0.2) is 0 Å². The summed E-state index contributed by atoms with van der Waals surface area (Å²) in [5, 5.41) is 4.14. The highest BCUT2D eigenvalue weighted by molar-refractivity contribution is 6.44. The number of amides is 1. The Kier molecular flexibility index (Phi) is 5.81. The zero-order valence-corrected chi connectivity index (χ0v) is 14.4. The Balaban J connectivity index is 2.05. The molecule has 2 rings (SSSR count). The van der Waals surface area contributed by atoms with E-state index in [2.05, 4.69) is 5.32 Å². The Bertz CT molecular complexity index is 689. The Morgan fingerprint density at radius 1 is 1.00 bits per heavy atom. The molecule has 3 nitrogen and oxygen atoms in total. The molecule has 0 aliphatic heterocycles. The fraction of sp³-hybridized carbons (Fsp3) is 0.133. The van der Waals surface area contributed by atoms with Crippen LogP contribution in [0.3, 0.4) is 0 Å². The number of hydrogen-bond donors (Lipinski definition) is 1. The lowest BCUT2D eigenvalue weighted by atomic mass is 10.3. The number of carbonyl (C=O) groups is 1. The molecule has 0 aliphatic rings. The average molecular weight is 379 g/mol. The summed E-state index contributed by atoms with van der Waals surface area (Å²) in [6.45, 7) is 1.62. The summed E-state index contributed by atoms with van der Waals surface area (Å²) in [5.41, 5.74) is 0.368. The summed E-state index contributed by atoms with van der Waals surface area (Å²) in [6, 6.07) is 9.66. The van der Waals surface area contributed by atoms with Gasteiger partial charge in [-0.3, -0.25) is 4.79 Å². The molecule has 1 N–H and O–H groups in total. The van der Waals surface area contributed by atoms with Crippen LogP contribution in [-0.2, 0) is 4.79 Å². The number of anilines is 1. The predicted molar refractivity (Wildman–Crippen MR) is 91.6 cm³/mol. The molecular weight excluding hydrogens is 368 g/mol. The lowest BCUT2D eigenvalue weighted by Gasteiger charge is -2.15. The molecular formula is C15H11Cl4NO2. The van der Waals surface area contributed by atoms with Crippen molar-refractivity contribution < 1.29 is 9.53 Å². The molecule has 1 amide bonds. The Hall–Kier alpha value is -1.13. The number of carbonyl (C=O) groups excluding carboxylic acids is 1. The van der Waals surface area contributed by atoms with Crippen LogP contribution in [-0.4, -0.2) is 12.0 Å². The van der Waals surface area contributed by atoms with E-state index >= 15 is 0 Å². The van der Waals surface area contributed by atoms with Gasteiger partial charge in [-0.1, -0.05) is 46.4 Å². The first-order chi connectivity index (χ1) is 10.4. The van der Waals surface area contributed by atoms with Crippen molar-refractivity contribution in [2.45, 2.75) is 13.0 Å². The second kappa shape index (κ2) is 7.42. The quantitative estimate of drug-likeness (QED) is 0.692. The van der Waals surface area contributed by atoms with Crippen molar-refractivity contribution in [1.82, 2.24) is 0 Å². The zero-order valence-electron chi connectivity index (χ0n) is 11.4. The molecule has 0 aromatic heterocycles. The smallest absolute Gasteiger partial charge is 0.265 e. The molecule has 0 radical (unpaired) electrons. The number of hydrogen-bond acceptors (Lipinski definition) is 2. The Morgan fingerprint density at radius 3 is 2.23 bits per heavy atom. The van der Waals surface area contributed by atoms with Crippen molar-refractivity contribution in [2.75, 3.05) is 5.32 Å². The Labute approximate surface area is 148 Å². The van der Waals surface area contributed by atoms with E-state index in [1.54, 1.807) is 31.2 Å². The highest BCUT2D eigenvalue weighted by atomic mass is 35.5. The zero-order chi connectivity index (χ0) is 16.3. The molecule has 0 spiro atoms. The highest BCUT2D eigenvalue weighted by Gasteiger charge is 2.17. The van der Waals surface area contributed by atoms with Gasteiger partial charge in [0, 0.05) is 5.02 Å². The van der Waals surface area contributed by atoms with E-state index in [1.807, 2.05) is 0 Å². The van der Waals surface area contributed by atoms with Gasteiger partial charge in [-0.2, -0.15) is 0 Å². The average Bonchev–Trinajstić information content (AvgIpc) is 2.47. The van der Waals surface area contributed by atoms with E-state index in [9.17, 15) is 4.79 Å². The van der Waals surface area contributed by atoms with E-state index < -0.39 is 6.10 Å². The highest BCUT2D eigenvalue weighted by Crippen LogP contribution is 2.32. The van der Waals surface area contributed by atoms with Gasteiger partial charge < -0.3 is 10.1 Å². The van der Waals surface area contributed by atoms with Crippen molar-refractivity contribution in [2.24, 2.45) is 0 Å². The number of halogens is 4. The maximum absolute atomic E-state index is 12.1. The number of rotatable bonds is 4. The van der Waals surface area contributed by atoms with E-state index in [0.29, 0.717) is 31.5 Å². The third-order valence-corrected chi connectivity index (χ3v) is 4.05. The molecule has 116 valence electrons. The normalized spacial score (nSPS) is 11.9. The topological polar surface area (TPSA) is 38.3 Å². The second-order valence-corrected chi connectivity index (χ2v) is 6.11. The van der Waals surface area contributed by atoms with Gasteiger partial charge in [0.05, 0.1) is 20.8 Å². The van der Waals surface area contributed by atoms with Gasteiger partial charge in [-0.15, -0.1) is 0 Å². The minimum absolute atomic E-state index is 0.293. The summed E-state index contributed by atoms with van der Waals surface area (Å²) < 4.78 is 5.52. The summed E-state index contributed by atoms with van der Waals surface area (Å²) in [5.74, 6) is 0.169. The summed E-state index contributed by atoms with van der Waals surface area (Å²) >= 11 is 23.6. The van der Waals surface area contributed by atoms with Crippen LogP contribution in [0, 0.1) is 0 Å². The monoisotopic (exact) mass is 377 g/mol. The molecule has 0 aliphatic carbocycles. The van der Waals surface area contributed by atoms with Crippen molar-refractivity contribution >= 4 is 58.0 Å². The summed E-state index contributed by atoms with van der Waals surface area (Å²) in [6.07, 6.45) is -0.730. The largest absolute Gasteiger partial charge is 0.481 e. The summed E-state index contributed by atoms with van der Waals surface area (Å²) in [7, 11) is 0. The SMILES string of the molecule is CC(Oc1ccc(Cl)cc1)C(=O)Nc1cc(Cl)c(Cl)cc1Cl. The van der Waals surface area contributed by atoms with Crippen molar-refractivity contribution in [3.8, 4) is 5.75 Å².